The maximum atomic E-state index is 12.3. The van der Waals surface area contributed by atoms with Crippen LogP contribution in [0.1, 0.15) is 0 Å². The van der Waals surface area contributed by atoms with Gasteiger partial charge in [-0.05, 0) is 36.4 Å². The van der Waals surface area contributed by atoms with E-state index in [1.807, 2.05) is 30.3 Å². The van der Waals surface area contributed by atoms with Gasteiger partial charge in [0, 0.05) is 17.4 Å². The van der Waals surface area contributed by atoms with E-state index in [-0.39, 0.29) is 12.7 Å². The van der Waals surface area contributed by atoms with Crippen molar-refractivity contribution < 1.29 is 9.53 Å². The Balaban J connectivity index is 1.80. The summed E-state index contributed by atoms with van der Waals surface area (Å²) in [5.41, 5.74) is 0.495. The minimum atomic E-state index is -0.307. The van der Waals surface area contributed by atoms with Crippen molar-refractivity contribution in [1.82, 2.24) is 4.90 Å². The Kier molecular flexibility index (Phi) is 4.59. The van der Waals surface area contributed by atoms with Crippen LogP contribution in [0, 0.1) is 0 Å². The Hall–Kier alpha value is -2.79. The highest BCUT2D eigenvalue weighted by atomic mass is 35.5. The fourth-order valence-electron chi connectivity index (χ4n) is 2.01. The number of para-hydroxylation sites is 1. The second kappa shape index (κ2) is 6.98. The van der Waals surface area contributed by atoms with E-state index in [0.29, 0.717) is 22.2 Å². The number of carbonyl (C=O) groups excluding carboxylic acids is 1. The van der Waals surface area contributed by atoms with Crippen molar-refractivity contribution in [3.8, 4) is 11.5 Å². The van der Waals surface area contributed by atoms with Crippen LogP contribution >= 0.6 is 11.6 Å². The van der Waals surface area contributed by atoms with Crippen molar-refractivity contribution in [3.05, 3.63) is 65.8 Å². The zero-order valence-corrected chi connectivity index (χ0v) is 12.9. The van der Waals surface area contributed by atoms with E-state index in [2.05, 4.69) is 10.3 Å². The molecule has 23 heavy (non-hydrogen) atoms. The first-order valence-corrected chi connectivity index (χ1v) is 7.37. The van der Waals surface area contributed by atoms with Crippen LogP contribution in [0.15, 0.2) is 65.8 Å². The predicted molar refractivity (Wildman–Crippen MR) is 91.3 cm³/mol. The summed E-state index contributed by atoms with van der Waals surface area (Å²) in [6.45, 7) is 0.276. The van der Waals surface area contributed by atoms with Crippen LogP contribution in [0.3, 0.4) is 0 Å². The zero-order chi connectivity index (χ0) is 16.1. The molecule has 1 aliphatic rings. The Labute approximate surface area is 138 Å². The summed E-state index contributed by atoms with van der Waals surface area (Å²) in [6, 6.07) is 14.1. The van der Waals surface area contributed by atoms with Gasteiger partial charge in [-0.25, -0.2) is 4.79 Å². The van der Waals surface area contributed by atoms with E-state index >= 15 is 0 Å². The van der Waals surface area contributed by atoms with E-state index in [0.717, 1.165) is 0 Å². The van der Waals surface area contributed by atoms with Crippen molar-refractivity contribution in [2.75, 3.05) is 12.0 Å². The molecule has 0 saturated carbocycles. The summed E-state index contributed by atoms with van der Waals surface area (Å²) in [5.74, 6) is 1.19. The molecular weight excluding hydrogens is 314 g/mol. The van der Waals surface area contributed by atoms with E-state index < -0.39 is 0 Å². The predicted octanol–water partition coefficient (Wildman–Crippen LogP) is 4.52. The molecule has 2 aromatic rings. The van der Waals surface area contributed by atoms with Crippen molar-refractivity contribution in [2.45, 2.75) is 0 Å². The van der Waals surface area contributed by atoms with Gasteiger partial charge in [-0.15, -0.1) is 0 Å². The van der Waals surface area contributed by atoms with Crippen molar-refractivity contribution >= 4 is 29.5 Å². The Morgan fingerprint density at radius 3 is 2.78 bits per heavy atom. The SMILES string of the molecule is O=C(Nc1cc(Cl)ccc1Oc1ccccc1)N1C=CC=NC1. The molecule has 0 spiro atoms. The fraction of sp³-hybridized carbons (Fsp3) is 0.0588. The molecule has 0 radical (unpaired) electrons. The Morgan fingerprint density at radius 1 is 1.22 bits per heavy atom. The van der Waals surface area contributed by atoms with E-state index in [9.17, 15) is 4.79 Å². The van der Waals surface area contributed by atoms with Crippen LogP contribution in [0.2, 0.25) is 5.02 Å². The van der Waals surface area contributed by atoms with Crippen LogP contribution < -0.4 is 10.1 Å². The lowest BCUT2D eigenvalue weighted by molar-refractivity contribution is 0.229. The molecule has 0 atom stereocenters. The molecule has 5 nitrogen and oxygen atoms in total. The number of allylic oxidation sites excluding steroid dienone is 1. The van der Waals surface area contributed by atoms with E-state index in [4.69, 9.17) is 16.3 Å². The first-order valence-electron chi connectivity index (χ1n) is 6.99. The van der Waals surface area contributed by atoms with Crippen LogP contribution in [-0.2, 0) is 0 Å². The summed E-state index contributed by atoms with van der Waals surface area (Å²) in [6.07, 6.45) is 5.00. The number of anilines is 1. The molecule has 2 aromatic carbocycles. The number of urea groups is 1. The van der Waals surface area contributed by atoms with Crippen LogP contribution in [0.4, 0.5) is 10.5 Å². The third-order valence-corrected chi connectivity index (χ3v) is 3.34. The van der Waals surface area contributed by atoms with Gasteiger partial charge >= 0.3 is 6.03 Å². The summed E-state index contributed by atoms with van der Waals surface area (Å²) in [7, 11) is 0. The molecule has 116 valence electrons. The van der Waals surface area contributed by atoms with Gasteiger partial charge < -0.3 is 10.1 Å². The highest BCUT2D eigenvalue weighted by Crippen LogP contribution is 2.32. The number of carbonyl (C=O) groups is 1. The molecule has 1 aliphatic heterocycles. The lowest BCUT2D eigenvalue weighted by atomic mass is 10.3. The summed E-state index contributed by atoms with van der Waals surface area (Å²) >= 11 is 6.03. The number of benzene rings is 2. The molecule has 0 saturated heterocycles. The topological polar surface area (TPSA) is 53.9 Å². The highest BCUT2D eigenvalue weighted by Gasteiger charge is 2.15. The molecule has 1 heterocycles. The van der Waals surface area contributed by atoms with Gasteiger partial charge in [-0.2, -0.15) is 0 Å². The smallest absolute Gasteiger partial charge is 0.327 e. The number of ether oxygens (including phenoxy) is 1. The zero-order valence-electron chi connectivity index (χ0n) is 12.1. The third-order valence-electron chi connectivity index (χ3n) is 3.11. The molecule has 0 aromatic heterocycles. The quantitative estimate of drug-likeness (QED) is 0.901. The number of hydrogen-bond donors (Lipinski definition) is 1. The average molecular weight is 328 g/mol. The van der Waals surface area contributed by atoms with E-state index in [1.165, 1.54) is 4.90 Å². The molecule has 1 N–H and O–H groups in total. The van der Waals surface area contributed by atoms with Crippen molar-refractivity contribution in [1.29, 1.82) is 0 Å². The maximum absolute atomic E-state index is 12.3. The van der Waals surface area contributed by atoms with Gasteiger partial charge in [0.1, 0.15) is 12.4 Å². The Morgan fingerprint density at radius 2 is 2.04 bits per heavy atom. The molecular formula is C17H14ClN3O2. The van der Waals surface area contributed by atoms with Crippen LogP contribution in [-0.4, -0.2) is 23.8 Å². The van der Waals surface area contributed by atoms with E-state index in [1.54, 1.807) is 36.7 Å². The second-order valence-electron chi connectivity index (χ2n) is 4.77. The number of halogens is 1. The normalized spacial score (nSPS) is 13.0. The average Bonchev–Trinajstić information content (AvgIpc) is 2.59. The first-order chi connectivity index (χ1) is 11.2. The van der Waals surface area contributed by atoms with Gasteiger partial charge in [-0.1, -0.05) is 29.8 Å². The van der Waals surface area contributed by atoms with Crippen molar-refractivity contribution in [3.63, 3.8) is 0 Å². The lowest BCUT2D eigenvalue weighted by Crippen LogP contribution is -2.31. The number of aliphatic imine (C=N–C) groups is 1. The van der Waals surface area contributed by atoms with Crippen LogP contribution in [0.25, 0.3) is 0 Å². The lowest BCUT2D eigenvalue weighted by Gasteiger charge is -2.20. The van der Waals surface area contributed by atoms with Gasteiger partial charge in [0.15, 0.2) is 5.75 Å². The fourth-order valence-corrected chi connectivity index (χ4v) is 2.18. The largest absolute Gasteiger partial charge is 0.455 e. The number of amides is 2. The molecule has 0 aliphatic carbocycles. The molecule has 0 unspecified atom stereocenters. The number of hydrogen-bond acceptors (Lipinski definition) is 3. The minimum absolute atomic E-state index is 0.276. The van der Waals surface area contributed by atoms with Gasteiger partial charge in [0.25, 0.3) is 0 Å². The highest BCUT2D eigenvalue weighted by molar-refractivity contribution is 6.31. The van der Waals surface area contributed by atoms with Gasteiger partial charge in [-0.3, -0.25) is 9.89 Å². The summed E-state index contributed by atoms with van der Waals surface area (Å²) in [4.78, 5) is 17.8. The molecule has 6 heteroatoms. The molecule has 2 amide bonds. The standard InChI is InChI=1S/C17H14ClN3O2/c18-13-7-8-16(23-14-5-2-1-3-6-14)15(11-13)20-17(22)21-10-4-9-19-12-21/h1-11H,12H2,(H,20,22). The Bertz CT molecular complexity index is 760. The number of nitrogens with zero attached hydrogens (tertiary/aromatic N) is 2. The van der Waals surface area contributed by atoms with Crippen molar-refractivity contribution in [2.24, 2.45) is 4.99 Å². The monoisotopic (exact) mass is 327 g/mol. The van der Waals surface area contributed by atoms with Gasteiger partial charge in [0.05, 0.1) is 5.69 Å². The minimum Gasteiger partial charge on any atom is -0.455 e. The van der Waals surface area contributed by atoms with Crippen LogP contribution in [0.5, 0.6) is 11.5 Å². The molecule has 0 bridgehead atoms. The number of rotatable bonds is 3. The molecule has 3 rings (SSSR count). The van der Waals surface area contributed by atoms with Gasteiger partial charge in [0.2, 0.25) is 0 Å². The first kappa shape index (κ1) is 15.1. The summed E-state index contributed by atoms with van der Waals surface area (Å²) < 4.78 is 5.81. The second-order valence-corrected chi connectivity index (χ2v) is 5.21. The number of nitrogens with one attached hydrogen (secondary N) is 1. The summed E-state index contributed by atoms with van der Waals surface area (Å²) in [5, 5.41) is 3.30. The molecule has 0 fully saturated rings. The maximum Gasteiger partial charge on any atom is 0.327 e. The third kappa shape index (κ3) is 3.90.